The Morgan fingerprint density at radius 3 is 2.39 bits per heavy atom. The summed E-state index contributed by atoms with van der Waals surface area (Å²) < 4.78 is 44.3. The van der Waals surface area contributed by atoms with Crippen LogP contribution in [0.2, 0.25) is 0 Å². The van der Waals surface area contributed by atoms with Crippen molar-refractivity contribution in [2.45, 2.75) is 16.3 Å². The van der Waals surface area contributed by atoms with E-state index < -0.39 is 37.7 Å². The number of hydrogen-bond acceptors (Lipinski definition) is 8. The minimum atomic E-state index is -3.90. The van der Waals surface area contributed by atoms with Gasteiger partial charge in [0.1, 0.15) is 11.4 Å². The van der Waals surface area contributed by atoms with E-state index in [1.54, 1.807) is 9.47 Å². The standard InChI is InChI=1S/C22H19FN4O7S2/c23-17-11-15-18-21(35-10-9-25(18)12-16(20(15)28)22(29)30)19(17)24-5-7-26(8-6-24)36(33,34)14-3-1-13(2-4-14)27(31)32/h1-4,11-12H,5-10H2,(H,29,30). The lowest BCUT2D eigenvalue weighted by Crippen LogP contribution is -2.49. The first-order valence-electron chi connectivity index (χ1n) is 10.8. The van der Waals surface area contributed by atoms with E-state index in [1.807, 2.05) is 0 Å². The van der Waals surface area contributed by atoms with Gasteiger partial charge in [0.25, 0.3) is 5.69 Å². The van der Waals surface area contributed by atoms with Crippen LogP contribution in [0.3, 0.4) is 0 Å². The van der Waals surface area contributed by atoms with Gasteiger partial charge in [-0.3, -0.25) is 14.9 Å². The number of carboxylic acids is 1. The SMILES string of the molecule is O=C(O)c1cn2c3c(c(N4CCN(S(=O)(=O)c5ccc([N+](=O)[O-])cc5)CC4)c(F)cc3c1=O)SCC2. The lowest BCUT2D eigenvalue weighted by Gasteiger charge is -2.37. The minimum absolute atomic E-state index is 0.00210. The van der Waals surface area contributed by atoms with Gasteiger partial charge in [0.05, 0.1) is 31.3 Å². The van der Waals surface area contributed by atoms with Crippen LogP contribution in [0.25, 0.3) is 10.9 Å². The highest BCUT2D eigenvalue weighted by Gasteiger charge is 2.32. The molecule has 3 heterocycles. The van der Waals surface area contributed by atoms with Gasteiger partial charge in [-0.2, -0.15) is 4.31 Å². The van der Waals surface area contributed by atoms with Gasteiger partial charge in [-0.15, -0.1) is 11.8 Å². The second kappa shape index (κ2) is 8.87. The monoisotopic (exact) mass is 534 g/mol. The van der Waals surface area contributed by atoms with Gasteiger partial charge in [0, 0.05) is 56.8 Å². The average molecular weight is 535 g/mol. The number of aryl methyl sites for hydroxylation is 1. The fraction of sp³-hybridized carbons (Fsp3) is 0.273. The Morgan fingerprint density at radius 2 is 1.78 bits per heavy atom. The Morgan fingerprint density at radius 1 is 1.11 bits per heavy atom. The lowest BCUT2D eigenvalue weighted by atomic mass is 10.1. The molecule has 2 aliphatic heterocycles. The normalized spacial score (nSPS) is 16.3. The molecule has 36 heavy (non-hydrogen) atoms. The zero-order valence-electron chi connectivity index (χ0n) is 18.6. The van der Waals surface area contributed by atoms with E-state index in [9.17, 15) is 33.2 Å². The summed E-state index contributed by atoms with van der Waals surface area (Å²) in [6.45, 7) is 0.942. The maximum atomic E-state index is 15.4. The van der Waals surface area contributed by atoms with Crippen molar-refractivity contribution in [1.82, 2.24) is 8.87 Å². The highest BCUT2D eigenvalue weighted by atomic mass is 32.2. The number of hydrogen-bond donors (Lipinski definition) is 1. The molecule has 2 aliphatic rings. The van der Waals surface area contributed by atoms with Crippen LogP contribution >= 0.6 is 11.8 Å². The summed E-state index contributed by atoms with van der Waals surface area (Å²) >= 11 is 1.37. The molecule has 5 rings (SSSR count). The summed E-state index contributed by atoms with van der Waals surface area (Å²) in [4.78, 5) is 36.6. The topological polar surface area (TPSA) is 143 Å². The minimum Gasteiger partial charge on any atom is -0.477 e. The summed E-state index contributed by atoms with van der Waals surface area (Å²) in [6.07, 6.45) is 1.28. The molecule has 1 saturated heterocycles. The number of aromatic nitrogens is 1. The molecule has 1 aromatic heterocycles. The molecule has 0 bridgehead atoms. The predicted octanol–water partition coefficient (Wildman–Crippen LogP) is 2.36. The maximum Gasteiger partial charge on any atom is 0.341 e. The average Bonchev–Trinajstić information content (AvgIpc) is 2.86. The highest BCUT2D eigenvalue weighted by molar-refractivity contribution is 7.99. The van der Waals surface area contributed by atoms with Crippen molar-refractivity contribution in [2.75, 3.05) is 36.8 Å². The number of carboxylic acid groups (broad SMARTS) is 1. The summed E-state index contributed by atoms with van der Waals surface area (Å²) in [5, 5.41) is 20.2. The van der Waals surface area contributed by atoms with Gasteiger partial charge >= 0.3 is 5.97 Å². The van der Waals surface area contributed by atoms with Gasteiger partial charge in [0.15, 0.2) is 0 Å². The first-order chi connectivity index (χ1) is 17.1. The number of carbonyl (C=O) groups is 1. The quantitative estimate of drug-likeness (QED) is 0.385. The van der Waals surface area contributed by atoms with E-state index in [0.717, 1.165) is 18.2 Å². The molecule has 0 amide bonds. The molecule has 0 radical (unpaired) electrons. The van der Waals surface area contributed by atoms with Crippen LogP contribution in [0.4, 0.5) is 15.8 Å². The van der Waals surface area contributed by atoms with Crippen LogP contribution in [-0.4, -0.2) is 65.2 Å². The van der Waals surface area contributed by atoms with Crippen molar-refractivity contribution in [3.05, 3.63) is 68.2 Å². The fourth-order valence-corrected chi connectivity index (χ4v) is 7.18. The molecule has 0 unspecified atom stereocenters. The van der Waals surface area contributed by atoms with E-state index in [1.165, 1.54) is 34.4 Å². The molecule has 14 heteroatoms. The zero-order chi connectivity index (χ0) is 25.8. The number of nitro groups is 1. The molecule has 0 aliphatic carbocycles. The third-order valence-electron chi connectivity index (χ3n) is 6.29. The third-order valence-corrected chi connectivity index (χ3v) is 9.27. The Kier molecular flexibility index (Phi) is 5.97. The first-order valence-corrected chi connectivity index (χ1v) is 13.3. The molecule has 1 fully saturated rings. The van der Waals surface area contributed by atoms with Crippen molar-refractivity contribution >= 4 is 50.0 Å². The van der Waals surface area contributed by atoms with E-state index in [0.29, 0.717) is 22.7 Å². The Hall–Kier alpha value is -3.49. The fourth-order valence-electron chi connectivity index (χ4n) is 4.54. The molecular weight excluding hydrogens is 515 g/mol. The predicted molar refractivity (Wildman–Crippen MR) is 130 cm³/mol. The van der Waals surface area contributed by atoms with E-state index in [4.69, 9.17) is 0 Å². The van der Waals surface area contributed by atoms with Gasteiger partial charge in [-0.25, -0.2) is 17.6 Å². The Bertz CT molecular complexity index is 1580. The van der Waals surface area contributed by atoms with Crippen LogP contribution in [0.15, 0.2) is 51.1 Å². The Balaban J connectivity index is 1.46. The smallest absolute Gasteiger partial charge is 0.341 e. The first kappa shape index (κ1) is 24.2. The molecule has 188 valence electrons. The van der Waals surface area contributed by atoms with Crippen molar-refractivity contribution < 1.29 is 27.6 Å². The van der Waals surface area contributed by atoms with Crippen molar-refractivity contribution in [2.24, 2.45) is 0 Å². The number of halogens is 1. The lowest BCUT2D eigenvalue weighted by molar-refractivity contribution is -0.384. The summed E-state index contributed by atoms with van der Waals surface area (Å²) in [7, 11) is -3.90. The van der Waals surface area contributed by atoms with Crippen LogP contribution in [0.5, 0.6) is 0 Å². The largest absolute Gasteiger partial charge is 0.477 e. The molecule has 0 saturated carbocycles. The number of thioether (sulfide) groups is 1. The molecule has 0 atom stereocenters. The van der Waals surface area contributed by atoms with E-state index in [-0.39, 0.29) is 47.8 Å². The number of rotatable bonds is 5. The van der Waals surface area contributed by atoms with Crippen molar-refractivity contribution in [3.63, 3.8) is 0 Å². The van der Waals surface area contributed by atoms with E-state index >= 15 is 4.39 Å². The van der Waals surface area contributed by atoms with Crippen LogP contribution in [0.1, 0.15) is 10.4 Å². The number of pyridine rings is 1. The molecule has 3 aromatic rings. The van der Waals surface area contributed by atoms with E-state index in [2.05, 4.69) is 0 Å². The van der Waals surface area contributed by atoms with Gasteiger partial charge in [0.2, 0.25) is 15.5 Å². The van der Waals surface area contributed by atoms with Gasteiger partial charge in [-0.1, -0.05) is 0 Å². The van der Waals surface area contributed by atoms with Crippen LogP contribution in [0, 0.1) is 15.9 Å². The number of sulfonamides is 1. The second-order valence-electron chi connectivity index (χ2n) is 8.29. The highest BCUT2D eigenvalue weighted by Crippen LogP contribution is 2.41. The molecule has 0 spiro atoms. The van der Waals surface area contributed by atoms with Gasteiger partial charge < -0.3 is 14.6 Å². The summed E-state index contributed by atoms with van der Waals surface area (Å²) in [6, 6.07) is 5.70. The zero-order valence-corrected chi connectivity index (χ0v) is 20.2. The Labute approximate surface area is 207 Å². The van der Waals surface area contributed by atoms with Crippen molar-refractivity contribution in [3.8, 4) is 0 Å². The molecule has 1 N–H and O–H groups in total. The molecule has 2 aromatic carbocycles. The van der Waals surface area contributed by atoms with Gasteiger partial charge in [-0.05, 0) is 18.2 Å². The number of anilines is 1. The van der Waals surface area contributed by atoms with Crippen LogP contribution < -0.4 is 10.3 Å². The number of nitro benzene ring substituents is 1. The summed E-state index contributed by atoms with van der Waals surface area (Å²) in [5.41, 5.74) is -0.653. The summed E-state index contributed by atoms with van der Waals surface area (Å²) in [5.74, 6) is -1.50. The second-order valence-corrected chi connectivity index (χ2v) is 11.3. The number of aromatic carboxylic acids is 1. The molecule has 11 nitrogen and oxygen atoms in total. The maximum absolute atomic E-state index is 15.4. The molecular formula is C22H19FN4O7S2. The van der Waals surface area contributed by atoms with Crippen molar-refractivity contribution in [1.29, 1.82) is 0 Å². The number of nitrogens with zero attached hydrogens (tertiary/aromatic N) is 4. The number of non-ortho nitro benzene ring substituents is 1. The number of benzene rings is 2. The third kappa shape index (κ3) is 3.90. The number of piperazine rings is 1. The van der Waals surface area contributed by atoms with Crippen LogP contribution in [-0.2, 0) is 16.6 Å².